The molecule has 1 saturated carbocycles. The Morgan fingerprint density at radius 1 is 1.31 bits per heavy atom. The first-order valence-electron chi connectivity index (χ1n) is 4.80. The maximum absolute atomic E-state index is 4.54. The fraction of sp³-hybridized carbons (Fsp3) is 0.364. The summed E-state index contributed by atoms with van der Waals surface area (Å²) < 4.78 is 2.37. The van der Waals surface area contributed by atoms with Gasteiger partial charge in [-0.3, -0.25) is 0 Å². The molecule has 1 aliphatic rings. The average molecular weight is 172 g/mol. The molecule has 3 rings (SSSR count). The first-order valence-corrected chi connectivity index (χ1v) is 4.80. The molecule has 1 heterocycles. The zero-order chi connectivity index (χ0) is 8.84. The van der Waals surface area contributed by atoms with Crippen molar-refractivity contribution in [1.29, 1.82) is 0 Å². The highest BCUT2D eigenvalue weighted by Gasteiger charge is 2.26. The zero-order valence-electron chi connectivity index (χ0n) is 7.70. The lowest BCUT2D eigenvalue weighted by molar-refractivity contribution is 0.734. The molecular weight excluding hydrogens is 160 g/mol. The van der Waals surface area contributed by atoms with Gasteiger partial charge in [-0.05, 0) is 31.9 Å². The van der Waals surface area contributed by atoms with Crippen LogP contribution in [0.25, 0.3) is 11.0 Å². The second kappa shape index (κ2) is 2.34. The van der Waals surface area contributed by atoms with Crippen LogP contribution >= 0.6 is 0 Å². The number of rotatable bonds is 1. The Hall–Kier alpha value is -1.31. The minimum Gasteiger partial charge on any atom is -0.325 e. The molecule has 2 aromatic rings. The van der Waals surface area contributed by atoms with E-state index in [-0.39, 0.29) is 0 Å². The summed E-state index contributed by atoms with van der Waals surface area (Å²) in [7, 11) is 0. The molecule has 1 aromatic heterocycles. The number of nitrogens with zero attached hydrogens (tertiary/aromatic N) is 2. The van der Waals surface area contributed by atoms with E-state index in [2.05, 4.69) is 34.7 Å². The van der Waals surface area contributed by atoms with Crippen molar-refractivity contribution in [2.24, 2.45) is 0 Å². The molecule has 2 heteroatoms. The van der Waals surface area contributed by atoms with E-state index >= 15 is 0 Å². The van der Waals surface area contributed by atoms with Crippen molar-refractivity contribution in [3.8, 4) is 0 Å². The van der Waals surface area contributed by atoms with Gasteiger partial charge in [-0.15, -0.1) is 0 Å². The summed E-state index contributed by atoms with van der Waals surface area (Å²) in [4.78, 5) is 4.54. The van der Waals surface area contributed by atoms with E-state index in [1.54, 1.807) is 0 Å². The van der Waals surface area contributed by atoms with Crippen LogP contribution < -0.4 is 0 Å². The molecule has 0 saturated heterocycles. The Kier molecular flexibility index (Phi) is 1.29. The summed E-state index contributed by atoms with van der Waals surface area (Å²) in [5, 5.41) is 0. The highest BCUT2D eigenvalue weighted by Crippen LogP contribution is 2.38. The van der Waals surface area contributed by atoms with Gasteiger partial charge in [-0.2, -0.15) is 0 Å². The molecule has 66 valence electrons. The maximum Gasteiger partial charge on any atom is 0.106 e. The molecule has 0 amide bonds. The van der Waals surface area contributed by atoms with Gasteiger partial charge in [-0.25, -0.2) is 4.98 Å². The van der Waals surface area contributed by atoms with Crippen LogP contribution in [-0.2, 0) is 0 Å². The second-order valence-electron chi connectivity index (χ2n) is 3.75. The number of aromatic nitrogens is 2. The summed E-state index contributed by atoms with van der Waals surface area (Å²) in [6.45, 7) is 2.10. The van der Waals surface area contributed by atoms with E-state index in [0.717, 1.165) is 17.4 Å². The smallest absolute Gasteiger partial charge is 0.106 e. The highest BCUT2D eigenvalue weighted by atomic mass is 15.1. The van der Waals surface area contributed by atoms with Gasteiger partial charge in [0, 0.05) is 6.04 Å². The van der Waals surface area contributed by atoms with Crippen LogP contribution in [0.2, 0.25) is 0 Å². The van der Waals surface area contributed by atoms with E-state index in [1.165, 1.54) is 18.4 Å². The van der Waals surface area contributed by atoms with Gasteiger partial charge in [0.15, 0.2) is 0 Å². The van der Waals surface area contributed by atoms with Gasteiger partial charge in [0.1, 0.15) is 5.82 Å². The van der Waals surface area contributed by atoms with Gasteiger partial charge in [0.05, 0.1) is 11.0 Å². The van der Waals surface area contributed by atoms with Crippen molar-refractivity contribution in [1.82, 2.24) is 9.55 Å². The predicted molar refractivity (Wildman–Crippen MR) is 52.7 cm³/mol. The third kappa shape index (κ3) is 0.981. The highest BCUT2D eigenvalue weighted by molar-refractivity contribution is 5.76. The Morgan fingerprint density at radius 2 is 2.08 bits per heavy atom. The van der Waals surface area contributed by atoms with Crippen LogP contribution in [0.5, 0.6) is 0 Å². The van der Waals surface area contributed by atoms with Gasteiger partial charge in [-0.1, -0.05) is 12.1 Å². The fourth-order valence-corrected chi connectivity index (χ4v) is 1.96. The summed E-state index contributed by atoms with van der Waals surface area (Å²) in [5.74, 6) is 1.16. The van der Waals surface area contributed by atoms with E-state index in [1.807, 2.05) is 6.07 Å². The van der Waals surface area contributed by atoms with E-state index in [9.17, 15) is 0 Å². The van der Waals surface area contributed by atoms with Crippen LogP contribution in [0.1, 0.15) is 24.7 Å². The number of imidazole rings is 1. The lowest BCUT2D eigenvalue weighted by atomic mass is 10.3. The van der Waals surface area contributed by atoms with Crippen molar-refractivity contribution < 1.29 is 0 Å². The van der Waals surface area contributed by atoms with Crippen molar-refractivity contribution in [3.63, 3.8) is 0 Å². The molecular formula is C11H12N2. The molecule has 1 aromatic carbocycles. The molecule has 0 unspecified atom stereocenters. The molecule has 2 nitrogen and oxygen atoms in total. The largest absolute Gasteiger partial charge is 0.325 e. The van der Waals surface area contributed by atoms with Gasteiger partial charge in [0.25, 0.3) is 0 Å². The lowest BCUT2D eigenvalue weighted by Crippen LogP contribution is -1.95. The molecule has 0 N–H and O–H groups in total. The first-order chi connectivity index (χ1) is 6.36. The third-order valence-electron chi connectivity index (χ3n) is 2.68. The molecule has 0 bridgehead atoms. The minimum atomic E-state index is 0.729. The normalized spacial score (nSPS) is 16.7. The Bertz CT molecular complexity index is 452. The number of benzene rings is 1. The summed E-state index contributed by atoms with van der Waals surface area (Å²) >= 11 is 0. The van der Waals surface area contributed by atoms with E-state index in [4.69, 9.17) is 0 Å². The lowest BCUT2D eigenvalue weighted by Gasteiger charge is -2.02. The van der Waals surface area contributed by atoms with Crippen LogP contribution in [0.15, 0.2) is 24.3 Å². The van der Waals surface area contributed by atoms with Gasteiger partial charge in [0.2, 0.25) is 0 Å². The number of fused-ring (bicyclic) bond motifs is 1. The molecule has 0 spiro atoms. The number of aryl methyl sites for hydroxylation is 1. The standard InChI is InChI=1S/C11H12N2/c1-8-12-10-4-2-3-5-11(10)13(8)9-6-7-9/h2-5,9H,6-7H2,1H3. The molecule has 0 aliphatic heterocycles. The second-order valence-corrected chi connectivity index (χ2v) is 3.75. The van der Waals surface area contributed by atoms with Gasteiger partial charge < -0.3 is 4.57 Å². The molecule has 0 radical (unpaired) electrons. The van der Waals surface area contributed by atoms with Crippen LogP contribution in [0.3, 0.4) is 0 Å². The van der Waals surface area contributed by atoms with Crippen molar-refractivity contribution in [2.75, 3.05) is 0 Å². The summed E-state index contributed by atoms with van der Waals surface area (Å²) in [5.41, 5.74) is 2.43. The summed E-state index contributed by atoms with van der Waals surface area (Å²) in [6, 6.07) is 9.11. The van der Waals surface area contributed by atoms with E-state index in [0.29, 0.717) is 0 Å². The van der Waals surface area contributed by atoms with Crippen LogP contribution in [-0.4, -0.2) is 9.55 Å². The number of hydrogen-bond donors (Lipinski definition) is 0. The monoisotopic (exact) mass is 172 g/mol. The minimum absolute atomic E-state index is 0.729. The number of para-hydroxylation sites is 2. The first kappa shape index (κ1) is 7.13. The predicted octanol–water partition coefficient (Wildman–Crippen LogP) is 2.68. The summed E-state index contributed by atoms with van der Waals surface area (Å²) in [6.07, 6.45) is 2.64. The molecule has 0 atom stereocenters. The van der Waals surface area contributed by atoms with Crippen molar-refractivity contribution in [2.45, 2.75) is 25.8 Å². The third-order valence-corrected chi connectivity index (χ3v) is 2.68. The Labute approximate surface area is 77.2 Å². The van der Waals surface area contributed by atoms with Crippen molar-refractivity contribution in [3.05, 3.63) is 30.1 Å². The van der Waals surface area contributed by atoms with Crippen molar-refractivity contribution >= 4 is 11.0 Å². The molecule has 1 fully saturated rings. The van der Waals surface area contributed by atoms with E-state index < -0.39 is 0 Å². The Balaban J connectivity index is 2.35. The van der Waals surface area contributed by atoms with Crippen LogP contribution in [0.4, 0.5) is 0 Å². The maximum atomic E-state index is 4.54. The fourth-order valence-electron chi connectivity index (χ4n) is 1.96. The topological polar surface area (TPSA) is 17.8 Å². The quantitative estimate of drug-likeness (QED) is 0.646. The average Bonchev–Trinajstić information content (AvgIpc) is 2.88. The SMILES string of the molecule is Cc1nc2ccccc2n1C1CC1. The van der Waals surface area contributed by atoms with Gasteiger partial charge >= 0.3 is 0 Å². The molecule has 13 heavy (non-hydrogen) atoms. The van der Waals surface area contributed by atoms with Crippen LogP contribution in [0, 0.1) is 6.92 Å². The Morgan fingerprint density at radius 3 is 2.85 bits per heavy atom. The zero-order valence-corrected chi connectivity index (χ0v) is 7.70. The number of hydrogen-bond acceptors (Lipinski definition) is 1. The molecule has 1 aliphatic carbocycles.